The van der Waals surface area contributed by atoms with Gasteiger partial charge in [-0.2, -0.15) is 0 Å². The van der Waals surface area contributed by atoms with Crippen LogP contribution >= 0.6 is 0 Å². The van der Waals surface area contributed by atoms with Crippen LogP contribution in [0.5, 0.6) is 17.2 Å². The first-order valence-corrected chi connectivity index (χ1v) is 11.9. The largest absolute Gasteiger partial charge is 0.493 e. The molecule has 1 heterocycles. The van der Waals surface area contributed by atoms with E-state index in [0.717, 1.165) is 28.5 Å². The van der Waals surface area contributed by atoms with Gasteiger partial charge in [0.2, 0.25) is 15.8 Å². The summed E-state index contributed by atoms with van der Waals surface area (Å²) in [5, 5.41) is 0. The lowest BCUT2D eigenvalue weighted by atomic mass is 10.0. The molecule has 0 amide bonds. The number of nitrogens with zero attached hydrogens (tertiary/aromatic N) is 2. The number of aromatic nitrogens is 2. The highest BCUT2D eigenvalue weighted by Gasteiger charge is 2.16. The molecule has 1 aromatic heterocycles. The third kappa shape index (κ3) is 4.68. The Morgan fingerprint density at radius 2 is 1.52 bits per heavy atom. The van der Waals surface area contributed by atoms with Crippen LogP contribution in [0, 0.1) is 0 Å². The fourth-order valence-corrected chi connectivity index (χ4v) is 4.13. The first-order chi connectivity index (χ1) is 15.8. The van der Waals surface area contributed by atoms with Gasteiger partial charge in [0.1, 0.15) is 0 Å². The Morgan fingerprint density at radius 3 is 2.09 bits per heavy atom. The van der Waals surface area contributed by atoms with E-state index in [-0.39, 0.29) is 0 Å². The van der Waals surface area contributed by atoms with Crippen LogP contribution < -0.4 is 18.9 Å². The molecule has 0 bridgehead atoms. The summed E-state index contributed by atoms with van der Waals surface area (Å²) in [6.45, 7) is 0. The molecule has 170 valence electrons. The Labute approximate surface area is 192 Å². The number of ether oxygens (including phenoxy) is 3. The summed E-state index contributed by atoms with van der Waals surface area (Å²) in [5.74, 6) is 1.55. The zero-order valence-corrected chi connectivity index (χ0v) is 19.4. The molecule has 0 aliphatic carbocycles. The summed E-state index contributed by atoms with van der Waals surface area (Å²) in [7, 11) is 1.34. The van der Waals surface area contributed by atoms with Crippen molar-refractivity contribution < 1.29 is 22.6 Å². The fourth-order valence-electron chi connectivity index (χ4n) is 3.57. The van der Waals surface area contributed by atoms with Gasteiger partial charge in [0.25, 0.3) is 0 Å². The van der Waals surface area contributed by atoms with Crippen LogP contribution in [-0.2, 0) is 10.0 Å². The molecule has 1 N–H and O–H groups in total. The predicted molar refractivity (Wildman–Crippen MR) is 129 cm³/mol. The number of nitrogens with one attached hydrogen (secondary N) is 1. The van der Waals surface area contributed by atoms with Gasteiger partial charge in [-0.3, -0.25) is 9.71 Å². The van der Waals surface area contributed by atoms with Crippen molar-refractivity contribution in [3.63, 3.8) is 0 Å². The molecular formula is C24H23N3O5S. The second-order valence-electron chi connectivity index (χ2n) is 7.29. The summed E-state index contributed by atoms with van der Waals surface area (Å²) in [6, 6.07) is 16.5. The van der Waals surface area contributed by atoms with Crippen LogP contribution in [0.2, 0.25) is 0 Å². The predicted octanol–water partition coefficient (Wildman–Crippen LogP) is 4.36. The van der Waals surface area contributed by atoms with Crippen molar-refractivity contribution >= 4 is 26.7 Å². The Balaban J connectivity index is 1.81. The first kappa shape index (κ1) is 22.3. The maximum absolute atomic E-state index is 11.5. The lowest BCUT2D eigenvalue weighted by Gasteiger charge is -2.14. The average Bonchev–Trinajstić information content (AvgIpc) is 2.81. The molecule has 8 nitrogen and oxygen atoms in total. The maximum Gasteiger partial charge on any atom is 0.229 e. The van der Waals surface area contributed by atoms with Gasteiger partial charge in [0.05, 0.1) is 50.5 Å². The van der Waals surface area contributed by atoms with E-state index in [4.69, 9.17) is 19.2 Å². The minimum Gasteiger partial charge on any atom is -0.493 e. The Kier molecular flexibility index (Phi) is 6.06. The highest BCUT2D eigenvalue weighted by atomic mass is 32.2. The molecule has 0 aliphatic rings. The van der Waals surface area contributed by atoms with Gasteiger partial charge in [-0.05, 0) is 35.9 Å². The van der Waals surface area contributed by atoms with E-state index in [0.29, 0.717) is 34.1 Å². The molecular weight excluding hydrogens is 442 g/mol. The summed E-state index contributed by atoms with van der Waals surface area (Å²) < 4.78 is 41.8. The van der Waals surface area contributed by atoms with E-state index in [1.165, 1.54) is 0 Å². The minimum absolute atomic E-state index is 0.491. The second kappa shape index (κ2) is 8.95. The topological polar surface area (TPSA) is 99.6 Å². The monoisotopic (exact) mass is 465 g/mol. The number of rotatable bonds is 7. The molecule has 4 rings (SSSR count). The van der Waals surface area contributed by atoms with Gasteiger partial charge in [0.15, 0.2) is 11.5 Å². The summed E-state index contributed by atoms with van der Waals surface area (Å²) in [6.07, 6.45) is 2.82. The van der Waals surface area contributed by atoms with Crippen molar-refractivity contribution in [2.45, 2.75) is 0 Å². The van der Waals surface area contributed by atoms with Crippen LogP contribution in [-0.4, -0.2) is 46.0 Å². The number of anilines is 1. The number of para-hydroxylation sites is 1. The normalized spacial score (nSPS) is 11.3. The number of sulfonamides is 1. The van der Waals surface area contributed by atoms with Gasteiger partial charge < -0.3 is 14.2 Å². The summed E-state index contributed by atoms with van der Waals surface area (Å²) >= 11 is 0. The highest BCUT2D eigenvalue weighted by molar-refractivity contribution is 7.92. The molecule has 0 aliphatic heterocycles. The molecule has 0 radical (unpaired) electrons. The Morgan fingerprint density at radius 1 is 0.848 bits per heavy atom. The summed E-state index contributed by atoms with van der Waals surface area (Å²) in [4.78, 5) is 9.48. The number of benzene rings is 3. The van der Waals surface area contributed by atoms with Gasteiger partial charge in [0, 0.05) is 16.8 Å². The SMILES string of the molecule is COc1cc(-c2cnc3cccc(-c4ccc(NS(C)(=O)=O)cc4)c3n2)cc(OC)c1OC. The lowest BCUT2D eigenvalue weighted by molar-refractivity contribution is 0.324. The van der Waals surface area contributed by atoms with Gasteiger partial charge >= 0.3 is 0 Å². The second-order valence-corrected chi connectivity index (χ2v) is 9.04. The summed E-state index contributed by atoms with van der Waals surface area (Å²) in [5.41, 5.74) is 5.11. The molecule has 0 spiro atoms. The van der Waals surface area contributed by atoms with Crippen LogP contribution in [0.4, 0.5) is 5.69 Å². The van der Waals surface area contributed by atoms with Crippen molar-refractivity contribution in [1.82, 2.24) is 9.97 Å². The number of fused-ring (bicyclic) bond motifs is 1. The lowest BCUT2D eigenvalue weighted by Crippen LogP contribution is -2.09. The smallest absolute Gasteiger partial charge is 0.229 e. The molecule has 0 unspecified atom stereocenters. The first-order valence-electron chi connectivity index (χ1n) is 9.97. The Hall–Kier alpha value is -3.85. The van der Waals surface area contributed by atoms with Crippen LogP contribution in [0.15, 0.2) is 60.8 Å². The van der Waals surface area contributed by atoms with Crippen molar-refractivity contribution in [1.29, 1.82) is 0 Å². The molecule has 3 aromatic carbocycles. The highest BCUT2D eigenvalue weighted by Crippen LogP contribution is 2.41. The van der Waals surface area contributed by atoms with E-state index < -0.39 is 10.0 Å². The zero-order valence-electron chi connectivity index (χ0n) is 18.6. The molecule has 0 atom stereocenters. The van der Waals surface area contributed by atoms with E-state index in [1.807, 2.05) is 42.5 Å². The minimum atomic E-state index is -3.34. The average molecular weight is 466 g/mol. The number of hydrogen-bond acceptors (Lipinski definition) is 7. The van der Waals surface area contributed by atoms with Crippen molar-refractivity contribution in [3.05, 3.63) is 60.8 Å². The quantitative estimate of drug-likeness (QED) is 0.433. The van der Waals surface area contributed by atoms with Crippen molar-refractivity contribution in [2.75, 3.05) is 32.3 Å². The van der Waals surface area contributed by atoms with E-state index in [2.05, 4.69) is 9.71 Å². The van der Waals surface area contributed by atoms with E-state index in [1.54, 1.807) is 39.7 Å². The van der Waals surface area contributed by atoms with Gasteiger partial charge in [-0.1, -0.05) is 24.3 Å². The van der Waals surface area contributed by atoms with Crippen LogP contribution in [0.25, 0.3) is 33.4 Å². The third-order valence-corrected chi connectivity index (χ3v) is 5.64. The molecule has 0 saturated carbocycles. The third-order valence-electron chi connectivity index (χ3n) is 5.03. The van der Waals surface area contributed by atoms with E-state index >= 15 is 0 Å². The van der Waals surface area contributed by atoms with Gasteiger partial charge in [-0.25, -0.2) is 13.4 Å². The number of hydrogen-bond donors (Lipinski definition) is 1. The molecule has 33 heavy (non-hydrogen) atoms. The van der Waals surface area contributed by atoms with Crippen LogP contribution in [0.3, 0.4) is 0 Å². The standard InChI is InChI=1S/C24H23N3O5S/c1-30-21-12-16(13-22(31-2)24(21)32-3)20-14-25-19-7-5-6-18(23(19)26-20)15-8-10-17(11-9-15)27-33(4,28)29/h5-14,27H,1-4H3. The van der Waals surface area contributed by atoms with Gasteiger partial charge in [-0.15, -0.1) is 0 Å². The van der Waals surface area contributed by atoms with Crippen molar-refractivity contribution in [3.8, 4) is 39.6 Å². The molecule has 4 aromatic rings. The zero-order chi connectivity index (χ0) is 23.6. The maximum atomic E-state index is 11.5. The van der Waals surface area contributed by atoms with Crippen molar-refractivity contribution in [2.24, 2.45) is 0 Å². The Bertz CT molecular complexity index is 1400. The molecule has 9 heteroatoms. The van der Waals surface area contributed by atoms with Crippen LogP contribution in [0.1, 0.15) is 0 Å². The van der Waals surface area contributed by atoms with E-state index in [9.17, 15) is 8.42 Å². The number of methoxy groups -OCH3 is 3. The molecule has 0 saturated heterocycles. The molecule has 0 fully saturated rings. The fraction of sp³-hybridized carbons (Fsp3) is 0.167.